The summed E-state index contributed by atoms with van der Waals surface area (Å²) in [6.45, 7) is 4.53. The van der Waals surface area contributed by atoms with Crippen LogP contribution in [0.15, 0.2) is 18.2 Å². The zero-order chi connectivity index (χ0) is 12.2. The van der Waals surface area contributed by atoms with Gasteiger partial charge in [-0.3, -0.25) is 0 Å². The molecular formula is C12H16Cl2FN. The number of alkyl halides is 1. The Hall–Kier alpha value is -0.310. The van der Waals surface area contributed by atoms with Gasteiger partial charge in [0.15, 0.2) is 0 Å². The Morgan fingerprint density at radius 3 is 2.69 bits per heavy atom. The Morgan fingerprint density at radius 1 is 1.38 bits per heavy atom. The van der Waals surface area contributed by atoms with Crippen LogP contribution < -0.4 is 5.32 Å². The van der Waals surface area contributed by atoms with Crippen LogP contribution in [0.5, 0.6) is 0 Å². The van der Waals surface area contributed by atoms with Gasteiger partial charge in [-0.25, -0.2) is 4.39 Å². The molecule has 0 aliphatic carbocycles. The SMILES string of the molecule is CC(C)(CCCl)NCc1cc(Cl)ccc1F. The maximum absolute atomic E-state index is 13.4. The molecule has 1 nitrogen and oxygen atoms in total. The predicted octanol–water partition coefficient (Wildman–Crippen LogP) is 3.98. The summed E-state index contributed by atoms with van der Waals surface area (Å²) in [4.78, 5) is 0. The lowest BCUT2D eigenvalue weighted by Crippen LogP contribution is -2.39. The molecule has 0 saturated carbocycles. The Kier molecular flexibility index (Phi) is 5.03. The van der Waals surface area contributed by atoms with Crippen molar-refractivity contribution in [3.05, 3.63) is 34.6 Å². The third kappa shape index (κ3) is 4.28. The molecule has 1 N–H and O–H groups in total. The molecule has 0 saturated heterocycles. The molecular weight excluding hydrogens is 248 g/mol. The third-order valence-electron chi connectivity index (χ3n) is 2.48. The first-order valence-corrected chi connectivity index (χ1v) is 6.11. The summed E-state index contributed by atoms with van der Waals surface area (Å²) in [7, 11) is 0. The first-order valence-electron chi connectivity index (χ1n) is 5.19. The van der Waals surface area contributed by atoms with E-state index in [9.17, 15) is 4.39 Å². The average Bonchev–Trinajstić information content (AvgIpc) is 2.19. The molecule has 0 aliphatic rings. The van der Waals surface area contributed by atoms with E-state index in [1.807, 2.05) is 13.8 Å². The van der Waals surface area contributed by atoms with Crippen LogP contribution in [0.1, 0.15) is 25.8 Å². The molecule has 0 fully saturated rings. The van der Waals surface area contributed by atoms with Crippen LogP contribution >= 0.6 is 23.2 Å². The highest BCUT2D eigenvalue weighted by molar-refractivity contribution is 6.30. The standard InChI is InChI=1S/C12H16Cl2FN/c1-12(2,5-6-13)16-8-9-7-10(14)3-4-11(9)15/h3-4,7,16H,5-6,8H2,1-2H3. The van der Waals surface area contributed by atoms with Gasteiger partial charge in [0.05, 0.1) is 0 Å². The Balaban J connectivity index is 2.63. The zero-order valence-electron chi connectivity index (χ0n) is 9.49. The molecule has 0 bridgehead atoms. The van der Waals surface area contributed by atoms with Crippen LogP contribution in [0.3, 0.4) is 0 Å². The van der Waals surface area contributed by atoms with Crippen molar-refractivity contribution in [2.45, 2.75) is 32.4 Å². The highest BCUT2D eigenvalue weighted by Gasteiger charge is 2.16. The van der Waals surface area contributed by atoms with E-state index in [1.54, 1.807) is 12.1 Å². The lowest BCUT2D eigenvalue weighted by molar-refractivity contribution is 0.373. The fraction of sp³-hybridized carbons (Fsp3) is 0.500. The molecule has 1 aromatic rings. The number of hydrogen-bond acceptors (Lipinski definition) is 1. The molecule has 1 rings (SSSR count). The minimum Gasteiger partial charge on any atom is -0.308 e. The molecule has 0 aliphatic heterocycles. The van der Waals surface area contributed by atoms with Crippen molar-refractivity contribution in [1.29, 1.82) is 0 Å². The molecule has 0 atom stereocenters. The summed E-state index contributed by atoms with van der Waals surface area (Å²) in [5.41, 5.74) is 0.478. The maximum atomic E-state index is 13.4. The van der Waals surface area contributed by atoms with Crippen molar-refractivity contribution in [2.75, 3.05) is 5.88 Å². The number of rotatable bonds is 5. The van der Waals surface area contributed by atoms with Gasteiger partial charge in [0, 0.05) is 28.5 Å². The molecule has 0 unspecified atom stereocenters. The van der Waals surface area contributed by atoms with Gasteiger partial charge in [-0.2, -0.15) is 0 Å². The minimum atomic E-state index is -0.237. The van der Waals surface area contributed by atoms with Crippen LogP contribution in [0.25, 0.3) is 0 Å². The van der Waals surface area contributed by atoms with Crippen LogP contribution in [0.4, 0.5) is 4.39 Å². The first-order chi connectivity index (χ1) is 7.44. The van der Waals surface area contributed by atoms with Crippen molar-refractivity contribution in [1.82, 2.24) is 5.32 Å². The van der Waals surface area contributed by atoms with Crippen LogP contribution in [-0.2, 0) is 6.54 Å². The zero-order valence-corrected chi connectivity index (χ0v) is 11.0. The second-order valence-corrected chi connectivity index (χ2v) is 5.23. The minimum absolute atomic E-state index is 0.101. The lowest BCUT2D eigenvalue weighted by Gasteiger charge is -2.25. The van der Waals surface area contributed by atoms with Crippen LogP contribution in [-0.4, -0.2) is 11.4 Å². The smallest absolute Gasteiger partial charge is 0.127 e. The average molecular weight is 264 g/mol. The van der Waals surface area contributed by atoms with E-state index in [4.69, 9.17) is 23.2 Å². The third-order valence-corrected chi connectivity index (χ3v) is 2.91. The largest absolute Gasteiger partial charge is 0.308 e. The topological polar surface area (TPSA) is 12.0 Å². The van der Waals surface area contributed by atoms with Crippen molar-refractivity contribution in [2.24, 2.45) is 0 Å². The number of nitrogens with one attached hydrogen (secondary N) is 1. The van der Waals surface area contributed by atoms with E-state index in [-0.39, 0.29) is 11.4 Å². The van der Waals surface area contributed by atoms with Gasteiger partial charge in [-0.05, 0) is 38.5 Å². The van der Waals surface area contributed by atoms with Gasteiger partial charge < -0.3 is 5.32 Å². The monoisotopic (exact) mass is 263 g/mol. The van der Waals surface area contributed by atoms with Crippen molar-refractivity contribution >= 4 is 23.2 Å². The second-order valence-electron chi connectivity index (χ2n) is 4.41. The molecule has 4 heteroatoms. The highest BCUT2D eigenvalue weighted by Crippen LogP contribution is 2.16. The van der Waals surface area contributed by atoms with Gasteiger partial charge in [0.1, 0.15) is 5.82 Å². The molecule has 16 heavy (non-hydrogen) atoms. The summed E-state index contributed by atoms with van der Waals surface area (Å²) in [6.07, 6.45) is 0.830. The van der Waals surface area contributed by atoms with Gasteiger partial charge in [-0.15, -0.1) is 11.6 Å². The molecule has 0 spiro atoms. The Labute approximate surface area is 106 Å². The van der Waals surface area contributed by atoms with Crippen LogP contribution in [0.2, 0.25) is 5.02 Å². The lowest BCUT2D eigenvalue weighted by atomic mass is 10.0. The summed E-state index contributed by atoms with van der Waals surface area (Å²) < 4.78 is 13.4. The quantitative estimate of drug-likeness (QED) is 0.793. The van der Waals surface area contributed by atoms with Crippen molar-refractivity contribution in [3.8, 4) is 0 Å². The predicted molar refractivity (Wildman–Crippen MR) is 67.7 cm³/mol. The summed E-state index contributed by atoms with van der Waals surface area (Å²) in [6, 6.07) is 4.57. The van der Waals surface area contributed by atoms with Crippen molar-refractivity contribution < 1.29 is 4.39 Å². The molecule has 1 aromatic carbocycles. The fourth-order valence-electron chi connectivity index (χ4n) is 1.34. The Morgan fingerprint density at radius 2 is 2.06 bits per heavy atom. The van der Waals surface area contributed by atoms with Gasteiger partial charge in [0.25, 0.3) is 0 Å². The molecule has 0 radical (unpaired) electrons. The maximum Gasteiger partial charge on any atom is 0.127 e. The second kappa shape index (κ2) is 5.85. The Bertz CT molecular complexity index is 353. The molecule has 90 valence electrons. The summed E-state index contributed by atoms with van der Waals surface area (Å²) >= 11 is 11.5. The number of halogens is 3. The van der Waals surface area contributed by atoms with Crippen LogP contribution in [0, 0.1) is 5.82 Å². The van der Waals surface area contributed by atoms with Gasteiger partial charge in [-0.1, -0.05) is 11.6 Å². The van der Waals surface area contributed by atoms with E-state index >= 15 is 0 Å². The summed E-state index contributed by atoms with van der Waals surface area (Å²) in [5, 5.41) is 3.81. The molecule has 0 heterocycles. The van der Waals surface area contributed by atoms with Gasteiger partial charge in [0.2, 0.25) is 0 Å². The van der Waals surface area contributed by atoms with E-state index in [0.717, 1.165) is 6.42 Å². The number of hydrogen-bond donors (Lipinski definition) is 1. The summed E-state index contributed by atoms with van der Waals surface area (Å²) in [5.74, 6) is 0.344. The van der Waals surface area contributed by atoms with E-state index < -0.39 is 0 Å². The van der Waals surface area contributed by atoms with Gasteiger partial charge >= 0.3 is 0 Å². The number of benzene rings is 1. The van der Waals surface area contributed by atoms with E-state index in [0.29, 0.717) is 23.0 Å². The van der Waals surface area contributed by atoms with E-state index in [1.165, 1.54) is 6.07 Å². The fourth-order valence-corrected chi connectivity index (χ4v) is 2.01. The molecule has 0 aromatic heterocycles. The first kappa shape index (κ1) is 13.8. The normalized spacial score (nSPS) is 11.8. The van der Waals surface area contributed by atoms with Crippen molar-refractivity contribution in [3.63, 3.8) is 0 Å². The molecule has 0 amide bonds. The highest BCUT2D eigenvalue weighted by atomic mass is 35.5. The van der Waals surface area contributed by atoms with E-state index in [2.05, 4.69) is 5.32 Å².